The van der Waals surface area contributed by atoms with Crippen molar-refractivity contribution in [2.24, 2.45) is 5.92 Å². The van der Waals surface area contributed by atoms with Crippen LogP contribution < -0.4 is 0 Å². The first-order valence-corrected chi connectivity index (χ1v) is 6.17. The largest absolute Gasteiger partial charge is 0.393 e. The van der Waals surface area contributed by atoms with Gasteiger partial charge in [-0.05, 0) is 53.2 Å². The molecular formula is C12H18BrNO. The summed E-state index contributed by atoms with van der Waals surface area (Å²) >= 11 is 3.35. The van der Waals surface area contributed by atoms with E-state index in [0.717, 1.165) is 29.4 Å². The van der Waals surface area contributed by atoms with E-state index in [2.05, 4.69) is 20.9 Å². The van der Waals surface area contributed by atoms with Gasteiger partial charge in [0.2, 0.25) is 0 Å². The van der Waals surface area contributed by atoms with Gasteiger partial charge < -0.3 is 5.11 Å². The number of aliphatic hydroxyl groups is 1. The number of aryl methyl sites for hydroxylation is 1. The first kappa shape index (κ1) is 12.7. The third kappa shape index (κ3) is 4.76. The molecule has 0 aromatic carbocycles. The predicted molar refractivity (Wildman–Crippen MR) is 65.7 cm³/mol. The quantitative estimate of drug-likeness (QED) is 0.893. The highest BCUT2D eigenvalue weighted by atomic mass is 79.9. The molecule has 1 N–H and O–H groups in total. The zero-order valence-corrected chi connectivity index (χ0v) is 10.9. The average Bonchev–Trinajstić information content (AvgIpc) is 2.20. The monoisotopic (exact) mass is 271 g/mol. The lowest BCUT2D eigenvalue weighted by atomic mass is 10.0. The first-order chi connectivity index (χ1) is 7.09. The summed E-state index contributed by atoms with van der Waals surface area (Å²) in [4.78, 5) is 4.29. The number of nitrogens with zero attached hydrogens (tertiary/aromatic N) is 1. The minimum Gasteiger partial charge on any atom is -0.393 e. The van der Waals surface area contributed by atoms with Crippen molar-refractivity contribution in [2.45, 2.75) is 39.2 Å². The van der Waals surface area contributed by atoms with E-state index in [1.54, 1.807) is 0 Å². The molecule has 0 fully saturated rings. The molecule has 84 valence electrons. The molecule has 0 bridgehead atoms. The molecule has 0 spiro atoms. The molecule has 15 heavy (non-hydrogen) atoms. The molecule has 1 heterocycles. The number of hydrogen-bond acceptors (Lipinski definition) is 2. The summed E-state index contributed by atoms with van der Waals surface area (Å²) in [6, 6.07) is 4.02. The minimum absolute atomic E-state index is 0.180. The molecule has 0 radical (unpaired) electrons. The molecular weight excluding hydrogens is 254 g/mol. The van der Waals surface area contributed by atoms with Crippen LogP contribution in [0.25, 0.3) is 0 Å². The molecule has 0 aliphatic carbocycles. The van der Waals surface area contributed by atoms with Crippen LogP contribution in [0.4, 0.5) is 0 Å². The molecule has 1 aromatic rings. The van der Waals surface area contributed by atoms with E-state index in [0.29, 0.717) is 5.92 Å². The summed E-state index contributed by atoms with van der Waals surface area (Å²) in [6.45, 7) is 4.09. The summed E-state index contributed by atoms with van der Waals surface area (Å²) < 4.78 is 1.01. The summed E-state index contributed by atoms with van der Waals surface area (Å²) in [5, 5.41) is 9.62. The average molecular weight is 272 g/mol. The second kappa shape index (κ2) is 6.23. The molecule has 0 amide bonds. The maximum absolute atomic E-state index is 9.62. The molecule has 0 aliphatic rings. The fourth-order valence-corrected chi connectivity index (χ4v) is 1.61. The molecule has 0 saturated heterocycles. The number of rotatable bonds is 5. The Morgan fingerprint density at radius 2 is 2.13 bits per heavy atom. The van der Waals surface area contributed by atoms with Crippen LogP contribution in [0.5, 0.6) is 0 Å². The van der Waals surface area contributed by atoms with Crippen LogP contribution in [0.15, 0.2) is 22.8 Å². The van der Waals surface area contributed by atoms with Gasteiger partial charge in [-0.25, -0.2) is 0 Å². The Morgan fingerprint density at radius 3 is 2.67 bits per heavy atom. The van der Waals surface area contributed by atoms with E-state index in [1.807, 2.05) is 32.2 Å². The molecule has 1 aromatic heterocycles. The SMILES string of the molecule is CC(C)C(O)CCCc1ccc(Br)cn1. The van der Waals surface area contributed by atoms with Crippen LogP contribution in [-0.2, 0) is 6.42 Å². The number of halogens is 1. The number of aromatic nitrogens is 1. The van der Waals surface area contributed by atoms with Gasteiger partial charge in [-0.2, -0.15) is 0 Å². The van der Waals surface area contributed by atoms with Gasteiger partial charge in [0.1, 0.15) is 0 Å². The second-order valence-corrected chi connectivity index (χ2v) is 5.09. The maximum atomic E-state index is 9.62. The van der Waals surface area contributed by atoms with Crippen molar-refractivity contribution in [1.82, 2.24) is 4.98 Å². The zero-order valence-electron chi connectivity index (χ0n) is 9.28. The van der Waals surface area contributed by atoms with Gasteiger partial charge in [0, 0.05) is 16.4 Å². The standard InChI is InChI=1S/C12H18BrNO/c1-9(2)12(15)5-3-4-11-7-6-10(13)8-14-11/h6-9,12,15H,3-5H2,1-2H3. The Labute approximate surface area is 99.9 Å². The van der Waals surface area contributed by atoms with Gasteiger partial charge in [0.15, 0.2) is 0 Å². The third-order valence-corrected chi connectivity index (χ3v) is 2.96. The van der Waals surface area contributed by atoms with Crippen LogP contribution in [0.1, 0.15) is 32.4 Å². The van der Waals surface area contributed by atoms with Crippen molar-refractivity contribution in [1.29, 1.82) is 0 Å². The van der Waals surface area contributed by atoms with Crippen molar-refractivity contribution < 1.29 is 5.11 Å². The summed E-state index contributed by atoms with van der Waals surface area (Å²) in [5.41, 5.74) is 1.09. The lowest BCUT2D eigenvalue weighted by Gasteiger charge is -2.13. The van der Waals surface area contributed by atoms with E-state index < -0.39 is 0 Å². The number of pyridine rings is 1. The summed E-state index contributed by atoms with van der Waals surface area (Å²) in [7, 11) is 0. The van der Waals surface area contributed by atoms with Gasteiger partial charge in [-0.15, -0.1) is 0 Å². The van der Waals surface area contributed by atoms with Gasteiger partial charge in [-0.1, -0.05) is 13.8 Å². The van der Waals surface area contributed by atoms with Crippen molar-refractivity contribution in [3.63, 3.8) is 0 Å². The molecule has 1 rings (SSSR count). The normalized spacial score (nSPS) is 13.1. The lowest BCUT2D eigenvalue weighted by molar-refractivity contribution is 0.114. The highest BCUT2D eigenvalue weighted by Gasteiger charge is 2.08. The smallest absolute Gasteiger partial charge is 0.0563 e. The fraction of sp³-hybridized carbons (Fsp3) is 0.583. The van der Waals surface area contributed by atoms with Crippen molar-refractivity contribution >= 4 is 15.9 Å². The topological polar surface area (TPSA) is 33.1 Å². The summed E-state index contributed by atoms with van der Waals surface area (Å²) in [5.74, 6) is 0.350. The lowest BCUT2D eigenvalue weighted by Crippen LogP contribution is -2.14. The van der Waals surface area contributed by atoms with E-state index in [9.17, 15) is 5.11 Å². The van der Waals surface area contributed by atoms with Crippen LogP contribution in [0.3, 0.4) is 0 Å². The Morgan fingerprint density at radius 1 is 1.40 bits per heavy atom. The minimum atomic E-state index is -0.180. The van der Waals surface area contributed by atoms with Gasteiger partial charge >= 0.3 is 0 Å². The molecule has 0 aliphatic heterocycles. The highest BCUT2D eigenvalue weighted by molar-refractivity contribution is 9.10. The first-order valence-electron chi connectivity index (χ1n) is 5.38. The predicted octanol–water partition coefficient (Wildman–Crippen LogP) is 3.18. The van der Waals surface area contributed by atoms with Crippen molar-refractivity contribution in [3.8, 4) is 0 Å². The van der Waals surface area contributed by atoms with Gasteiger partial charge in [-0.3, -0.25) is 4.98 Å². The second-order valence-electron chi connectivity index (χ2n) is 4.17. The fourth-order valence-electron chi connectivity index (χ4n) is 1.38. The zero-order chi connectivity index (χ0) is 11.3. The summed E-state index contributed by atoms with van der Waals surface area (Å²) in [6.07, 6.45) is 4.43. The van der Waals surface area contributed by atoms with Crippen molar-refractivity contribution in [2.75, 3.05) is 0 Å². The Hall–Kier alpha value is -0.410. The number of hydrogen-bond donors (Lipinski definition) is 1. The molecule has 0 saturated carbocycles. The van der Waals surface area contributed by atoms with Gasteiger partial charge in [0.05, 0.1) is 6.10 Å². The Balaban J connectivity index is 2.29. The molecule has 2 nitrogen and oxygen atoms in total. The van der Waals surface area contributed by atoms with E-state index in [4.69, 9.17) is 0 Å². The molecule has 1 unspecified atom stereocenters. The van der Waals surface area contributed by atoms with Gasteiger partial charge in [0.25, 0.3) is 0 Å². The molecule has 3 heteroatoms. The van der Waals surface area contributed by atoms with Crippen LogP contribution in [-0.4, -0.2) is 16.2 Å². The van der Waals surface area contributed by atoms with Crippen LogP contribution >= 0.6 is 15.9 Å². The molecule has 1 atom stereocenters. The number of aliphatic hydroxyl groups excluding tert-OH is 1. The van der Waals surface area contributed by atoms with Crippen LogP contribution in [0.2, 0.25) is 0 Å². The third-order valence-electron chi connectivity index (χ3n) is 2.49. The Kier molecular flexibility index (Phi) is 5.26. The van der Waals surface area contributed by atoms with Crippen molar-refractivity contribution in [3.05, 3.63) is 28.5 Å². The van der Waals surface area contributed by atoms with E-state index in [1.165, 1.54) is 0 Å². The maximum Gasteiger partial charge on any atom is 0.0563 e. The highest BCUT2D eigenvalue weighted by Crippen LogP contribution is 2.12. The Bertz CT molecular complexity index is 284. The van der Waals surface area contributed by atoms with E-state index in [-0.39, 0.29) is 6.10 Å². The van der Waals surface area contributed by atoms with E-state index >= 15 is 0 Å². The van der Waals surface area contributed by atoms with Crippen LogP contribution in [0, 0.1) is 5.92 Å².